The quantitative estimate of drug-likeness (QED) is 0.599. The van der Waals surface area contributed by atoms with Crippen LogP contribution in [0.5, 0.6) is 0 Å². The highest BCUT2D eigenvalue weighted by Crippen LogP contribution is 2.20. The molecule has 0 bridgehead atoms. The molecule has 0 aliphatic carbocycles. The summed E-state index contributed by atoms with van der Waals surface area (Å²) in [6.07, 6.45) is -0.202. The highest BCUT2D eigenvalue weighted by molar-refractivity contribution is 5.89. The molecule has 5 nitrogen and oxygen atoms in total. The molecule has 0 fully saturated rings. The molecule has 1 heterocycles. The molecule has 0 saturated carbocycles. The predicted molar refractivity (Wildman–Crippen MR) is 98.9 cm³/mol. The van der Waals surface area contributed by atoms with Gasteiger partial charge in [0.25, 0.3) is 0 Å². The van der Waals surface area contributed by atoms with Gasteiger partial charge in [-0.3, -0.25) is 4.79 Å². The van der Waals surface area contributed by atoms with Crippen molar-refractivity contribution in [1.29, 1.82) is 0 Å². The van der Waals surface area contributed by atoms with Crippen molar-refractivity contribution in [1.82, 2.24) is 5.32 Å². The Morgan fingerprint density at radius 2 is 1.84 bits per heavy atom. The molecular formula is C20H23NO4. The topological polar surface area (TPSA) is 82.7 Å². The molecule has 0 saturated heterocycles. The number of rotatable bonds is 6. The van der Waals surface area contributed by atoms with Crippen LogP contribution in [-0.4, -0.2) is 35.0 Å². The molecule has 0 aliphatic rings. The van der Waals surface area contributed by atoms with E-state index in [1.54, 1.807) is 24.3 Å². The number of fused-ring (bicyclic) bond motifs is 2. The minimum atomic E-state index is -0.615. The van der Waals surface area contributed by atoms with Crippen LogP contribution in [0.15, 0.2) is 51.7 Å². The molecule has 3 rings (SSSR count). The van der Waals surface area contributed by atoms with Crippen LogP contribution in [0.1, 0.15) is 19.4 Å². The number of para-hydroxylation sites is 1. The van der Waals surface area contributed by atoms with Crippen molar-refractivity contribution in [3.05, 3.63) is 58.3 Å². The Bertz CT molecular complexity index is 945. The number of hydrogen-bond donors (Lipinski definition) is 3. The Morgan fingerprint density at radius 1 is 1.12 bits per heavy atom. The summed E-state index contributed by atoms with van der Waals surface area (Å²) >= 11 is 0. The van der Waals surface area contributed by atoms with Crippen LogP contribution < -0.4 is 10.7 Å². The average molecular weight is 341 g/mol. The van der Waals surface area contributed by atoms with Gasteiger partial charge in [-0.05, 0) is 50.1 Å². The van der Waals surface area contributed by atoms with E-state index in [2.05, 4.69) is 5.32 Å². The number of hydrogen-bond acceptors (Lipinski definition) is 5. The third-order valence-corrected chi connectivity index (χ3v) is 4.32. The van der Waals surface area contributed by atoms with E-state index in [1.807, 2.05) is 32.0 Å². The first-order valence-electron chi connectivity index (χ1n) is 8.38. The normalized spacial score (nSPS) is 13.4. The van der Waals surface area contributed by atoms with E-state index in [-0.39, 0.29) is 12.0 Å². The van der Waals surface area contributed by atoms with Crippen molar-refractivity contribution in [3.8, 4) is 0 Å². The summed E-state index contributed by atoms with van der Waals surface area (Å²) in [5, 5.41) is 23.7. The maximum Gasteiger partial charge on any atom is 0.200 e. The van der Waals surface area contributed by atoms with Crippen LogP contribution in [0, 0.1) is 0 Å². The first-order chi connectivity index (χ1) is 11.9. The van der Waals surface area contributed by atoms with Crippen LogP contribution in [0.3, 0.4) is 0 Å². The van der Waals surface area contributed by atoms with Crippen LogP contribution in [0.4, 0.5) is 0 Å². The fourth-order valence-electron chi connectivity index (χ4n) is 2.77. The van der Waals surface area contributed by atoms with Gasteiger partial charge in [-0.1, -0.05) is 18.2 Å². The van der Waals surface area contributed by atoms with E-state index in [9.17, 15) is 15.0 Å². The summed E-state index contributed by atoms with van der Waals surface area (Å²) in [6, 6.07) is 12.6. The van der Waals surface area contributed by atoms with E-state index >= 15 is 0 Å². The molecule has 0 spiro atoms. The molecule has 1 atom stereocenters. The van der Waals surface area contributed by atoms with E-state index in [0.29, 0.717) is 34.9 Å². The van der Waals surface area contributed by atoms with Crippen molar-refractivity contribution >= 4 is 21.9 Å². The van der Waals surface area contributed by atoms with Crippen molar-refractivity contribution in [3.63, 3.8) is 0 Å². The molecule has 3 aromatic rings. The van der Waals surface area contributed by atoms with E-state index in [1.165, 1.54) is 0 Å². The summed E-state index contributed by atoms with van der Waals surface area (Å²) in [6.45, 7) is 4.08. The molecular weight excluding hydrogens is 318 g/mol. The number of β-amino-alcohol motifs (C(OH)–C–C–N with tert-alkyl or cyclic N) is 1. The Morgan fingerprint density at radius 3 is 2.60 bits per heavy atom. The van der Waals surface area contributed by atoms with Crippen LogP contribution in [0.25, 0.3) is 21.9 Å². The zero-order valence-corrected chi connectivity index (χ0v) is 14.5. The zero-order chi connectivity index (χ0) is 18.0. The maximum absolute atomic E-state index is 12.7. The average Bonchev–Trinajstić information content (AvgIpc) is 2.61. The summed E-state index contributed by atoms with van der Waals surface area (Å²) < 4.78 is 5.79. The standard InChI is InChI=1S/C20H23NO4/c1-20(2,12-22)21-11-14(23)9-13-7-8-18-16(10-13)19(24)15-5-3-4-6-17(15)25-18/h3-8,10,14,21-23H,9,11-12H2,1-2H3. The van der Waals surface area contributed by atoms with Crippen molar-refractivity contribution < 1.29 is 14.6 Å². The number of aliphatic hydroxyl groups excluding tert-OH is 2. The van der Waals surface area contributed by atoms with Crippen LogP contribution >= 0.6 is 0 Å². The number of nitrogens with one attached hydrogen (secondary N) is 1. The molecule has 0 radical (unpaired) electrons. The highest BCUT2D eigenvalue weighted by Gasteiger charge is 2.17. The molecule has 0 amide bonds. The molecule has 5 heteroatoms. The monoisotopic (exact) mass is 341 g/mol. The minimum absolute atomic E-state index is 0.0101. The van der Waals surface area contributed by atoms with E-state index in [0.717, 1.165) is 5.56 Å². The Kier molecular flexibility index (Phi) is 4.90. The second kappa shape index (κ2) is 6.96. The Balaban J connectivity index is 1.85. The first kappa shape index (κ1) is 17.6. The molecule has 3 N–H and O–H groups in total. The van der Waals surface area contributed by atoms with Gasteiger partial charge in [0.05, 0.1) is 23.5 Å². The lowest BCUT2D eigenvalue weighted by molar-refractivity contribution is 0.135. The number of benzene rings is 2. The Labute approximate surface area is 145 Å². The van der Waals surface area contributed by atoms with Crippen LogP contribution in [0.2, 0.25) is 0 Å². The molecule has 25 heavy (non-hydrogen) atoms. The second-order valence-corrected chi connectivity index (χ2v) is 7.04. The van der Waals surface area contributed by atoms with Gasteiger partial charge in [0.1, 0.15) is 11.2 Å². The molecule has 0 aliphatic heterocycles. The fourth-order valence-corrected chi connectivity index (χ4v) is 2.77. The Hall–Kier alpha value is -2.21. The third kappa shape index (κ3) is 3.90. The summed E-state index contributed by atoms with van der Waals surface area (Å²) in [5.74, 6) is 0. The minimum Gasteiger partial charge on any atom is -0.456 e. The lowest BCUT2D eigenvalue weighted by atomic mass is 10.0. The van der Waals surface area contributed by atoms with Crippen molar-refractivity contribution in [2.75, 3.05) is 13.2 Å². The smallest absolute Gasteiger partial charge is 0.200 e. The second-order valence-electron chi connectivity index (χ2n) is 7.04. The zero-order valence-electron chi connectivity index (χ0n) is 14.5. The largest absolute Gasteiger partial charge is 0.456 e. The summed E-state index contributed by atoms with van der Waals surface area (Å²) in [4.78, 5) is 12.7. The van der Waals surface area contributed by atoms with Crippen molar-refractivity contribution in [2.24, 2.45) is 0 Å². The van der Waals surface area contributed by atoms with E-state index in [4.69, 9.17) is 4.42 Å². The van der Waals surface area contributed by atoms with Crippen LogP contribution in [-0.2, 0) is 6.42 Å². The van der Waals surface area contributed by atoms with Crippen molar-refractivity contribution in [2.45, 2.75) is 31.9 Å². The highest BCUT2D eigenvalue weighted by atomic mass is 16.3. The number of aliphatic hydroxyl groups is 2. The maximum atomic E-state index is 12.7. The van der Waals surface area contributed by atoms with Gasteiger partial charge in [-0.15, -0.1) is 0 Å². The van der Waals surface area contributed by atoms with Gasteiger partial charge < -0.3 is 19.9 Å². The SMILES string of the molecule is CC(C)(CO)NCC(O)Cc1ccc2oc3ccccc3c(=O)c2c1. The molecule has 132 valence electrons. The van der Waals surface area contributed by atoms with Gasteiger partial charge in [0.15, 0.2) is 0 Å². The third-order valence-electron chi connectivity index (χ3n) is 4.32. The van der Waals surface area contributed by atoms with Gasteiger partial charge in [-0.2, -0.15) is 0 Å². The van der Waals surface area contributed by atoms with E-state index < -0.39 is 11.6 Å². The first-order valence-corrected chi connectivity index (χ1v) is 8.38. The van der Waals surface area contributed by atoms with Gasteiger partial charge in [0.2, 0.25) is 5.43 Å². The lowest BCUT2D eigenvalue weighted by Gasteiger charge is -2.25. The summed E-state index contributed by atoms with van der Waals surface area (Å²) in [7, 11) is 0. The molecule has 2 aromatic carbocycles. The molecule has 1 aromatic heterocycles. The predicted octanol–water partition coefficient (Wildman–Crippen LogP) is 2.21. The fraction of sp³-hybridized carbons (Fsp3) is 0.350. The van der Waals surface area contributed by atoms with Gasteiger partial charge in [-0.25, -0.2) is 0 Å². The van der Waals surface area contributed by atoms with Gasteiger partial charge >= 0.3 is 0 Å². The summed E-state index contributed by atoms with van der Waals surface area (Å²) in [5.41, 5.74) is 1.48. The molecule has 1 unspecified atom stereocenters. The lowest BCUT2D eigenvalue weighted by Crippen LogP contribution is -2.46. The van der Waals surface area contributed by atoms with Gasteiger partial charge in [0, 0.05) is 12.1 Å².